The van der Waals surface area contributed by atoms with E-state index in [0.29, 0.717) is 0 Å². The number of amides is 1. The Kier molecular flexibility index (Phi) is 5.09. The van der Waals surface area contributed by atoms with E-state index < -0.39 is 6.10 Å². The van der Waals surface area contributed by atoms with Crippen molar-refractivity contribution in [2.75, 3.05) is 13.6 Å². The molecule has 0 spiro atoms. The van der Waals surface area contributed by atoms with E-state index in [1.165, 1.54) is 39.0 Å². The molecule has 0 aromatic carbocycles. The first-order valence-electron chi connectivity index (χ1n) is 6.04. The molecule has 0 aromatic rings. The Labute approximate surface area is 92.5 Å². The van der Waals surface area contributed by atoms with Gasteiger partial charge in [0.2, 0.25) is 0 Å². The summed E-state index contributed by atoms with van der Waals surface area (Å²) in [6.07, 6.45) is 6.93. The second-order valence-electron chi connectivity index (χ2n) is 4.73. The van der Waals surface area contributed by atoms with Crippen LogP contribution in [0, 0.1) is 5.92 Å². The number of carbonyl (C=O) groups is 1. The fourth-order valence-electron chi connectivity index (χ4n) is 2.28. The third-order valence-electron chi connectivity index (χ3n) is 3.33. The van der Waals surface area contributed by atoms with Crippen molar-refractivity contribution in [2.24, 2.45) is 5.92 Å². The Morgan fingerprint density at radius 3 is 2.53 bits per heavy atom. The molecule has 15 heavy (non-hydrogen) atoms. The molecule has 0 radical (unpaired) electrons. The summed E-state index contributed by atoms with van der Waals surface area (Å²) < 4.78 is 0. The van der Waals surface area contributed by atoms with E-state index in [0.717, 1.165) is 18.9 Å². The molecule has 3 nitrogen and oxygen atoms in total. The fraction of sp³-hybridized carbons (Fsp3) is 0.917. The maximum atomic E-state index is 11.4. The first-order valence-corrected chi connectivity index (χ1v) is 6.04. The average molecular weight is 213 g/mol. The lowest BCUT2D eigenvalue weighted by molar-refractivity contribution is -0.138. The average Bonchev–Trinajstić information content (AvgIpc) is 2.26. The van der Waals surface area contributed by atoms with Gasteiger partial charge in [0.25, 0.3) is 5.91 Å². The lowest BCUT2D eigenvalue weighted by atomic mass is 9.87. The number of hydrogen-bond acceptors (Lipinski definition) is 2. The van der Waals surface area contributed by atoms with Gasteiger partial charge in [-0.2, -0.15) is 0 Å². The molecule has 0 bridgehead atoms. The van der Waals surface area contributed by atoms with Gasteiger partial charge in [-0.1, -0.05) is 32.1 Å². The third-order valence-corrected chi connectivity index (χ3v) is 3.33. The number of carbonyl (C=O) groups excluding carboxylic acids is 1. The number of rotatable bonds is 4. The summed E-state index contributed by atoms with van der Waals surface area (Å²) in [5.74, 6) is 0.633. The zero-order valence-electron chi connectivity index (χ0n) is 9.91. The van der Waals surface area contributed by atoms with Gasteiger partial charge in [-0.25, -0.2) is 0 Å². The quantitative estimate of drug-likeness (QED) is 0.773. The predicted octanol–water partition coefficient (Wildman–Crippen LogP) is 1.80. The molecule has 1 rings (SSSR count). The van der Waals surface area contributed by atoms with E-state index in [-0.39, 0.29) is 5.91 Å². The van der Waals surface area contributed by atoms with Crippen LogP contribution in [-0.2, 0) is 4.79 Å². The molecule has 88 valence electrons. The minimum atomic E-state index is -0.860. The summed E-state index contributed by atoms with van der Waals surface area (Å²) in [6.45, 7) is 2.31. The number of nitrogens with zero attached hydrogens (tertiary/aromatic N) is 1. The highest BCUT2D eigenvalue weighted by Gasteiger charge is 2.17. The molecule has 1 atom stereocenters. The number of aliphatic hydroxyl groups excluding tert-OH is 1. The highest BCUT2D eigenvalue weighted by molar-refractivity contribution is 5.79. The molecular formula is C12H23NO2. The first kappa shape index (κ1) is 12.5. The Hall–Kier alpha value is -0.570. The van der Waals surface area contributed by atoms with Crippen LogP contribution in [-0.4, -0.2) is 35.6 Å². The summed E-state index contributed by atoms with van der Waals surface area (Å²) in [4.78, 5) is 13.0. The van der Waals surface area contributed by atoms with Gasteiger partial charge in [-0.05, 0) is 19.3 Å². The van der Waals surface area contributed by atoms with Gasteiger partial charge >= 0.3 is 0 Å². The van der Waals surface area contributed by atoms with Gasteiger partial charge in [0, 0.05) is 13.6 Å². The molecule has 1 unspecified atom stereocenters. The van der Waals surface area contributed by atoms with Crippen molar-refractivity contribution in [3.8, 4) is 0 Å². The molecule has 0 aliphatic heterocycles. The zero-order valence-corrected chi connectivity index (χ0v) is 9.91. The maximum Gasteiger partial charge on any atom is 0.250 e. The van der Waals surface area contributed by atoms with Crippen LogP contribution in [0.5, 0.6) is 0 Å². The predicted molar refractivity (Wildman–Crippen MR) is 60.5 cm³/mol. The molecule has 1 aliphatic rings. The van der Waals surface area contributed by atoms with Crippen LogP contribution in [0.15, 0.2) is 0 Å². The lowest BCUT2D eigenvalue weighted by Gasteiger charge is -2.25. The molecule has 0 aromatic heterocycles. The second-order valence-corrected chi connectivity index (χ2v) is 4.73. The summed E-state index contributed by atoms with van der Waals surface area (Å²) in [6, 6.07) is 0. The highest BCUT2D eigenvalue weighted by Crippen LogP contribution is 2.26. The van der Waals surface area contributed by atoms with E-state index in [2.05, 4.69) is 0 Å². The van der Waals surface area contributed by atoms with Crippen molar-refractivity contribution in [3.05, 3.63) is 0 Å². The Balaban J connectivity index is 2.20. The van der Waals surface area contributed by atoms with Crippen LogP contribution >= 0.6 is 0 Å². The van der Waals surface area contributed by atoms with Crippen molar-refractivity contribution < 1.29 is 9.90 Å². The summed E-state index contributed by atoms with van der Waals surface area (Å²) in [5.41, 5.74) is 0. The fourth-order valence-corrected chi connectivity index (χ4v) is 2.28. The van der Waals surface area contributed by atoms with Crippen LogP contribution in [0.3, 0.4) is 0 Å². The van der Waals surface area contributed by atoms with E-state index in [9.17, 15) is 4.79 Å². The van der Waals surface area contributed by atoms with Crippen LogP contribution in [0.2, 0.25) is 0 Å². The Morgan fingerprint density at radius 1 is 1.40 bits per heavy atom. The first-order chi connectivity index (χ1) is 7.11. The van der Waals surface area contributed by atoms with Gasteiger partial charge in [0.1, 0.15) is 6.10 Å². The van der Waals surface area contributed by atoms with Crippen LogP contribution in [0.1, 0.15) is 45.4 Å². The van der Waals surface area contributed by atoms with Gasteiger partial charge in [-0.3, -0.25) is 4.79 Å². The molecule has 1 aliphatic carbocycles. The van der Waals surface area contributed by atoms with E-state index in [4.69, 9.17) is 5.11 Å². The van der Waals surface area contributed by atoms with E-state index in [1.807, 2.05) is 0 Å². The monoisotopic (exact) mass is 213 g/mol. The summed E-state index contributed by atoms with van der Waals surface area (Å²) in [7, 11) is 1.78. The van der Waals surface area contributed by atoms with Gasteiger partial charge in [-0.15, -0.1) is 0 Å². The topological polar surface area (TPSA) is 40.5 Å². The Morgan fingerprint density at radius 2 is 2.00 bits per heavy atom. The smallest absolute Gasteiger partial charge is 0.250 e. The van der Waals surface area contributed by atoms with Crippen molar-refractivity contribution in [3.63, 3.8) is 0 Å². The van der Waals surface area contributed by atoms with E-state index >= 15 is 0 Å². The number of hydrogen-bond donors (Lipinski definition) is 1. The summed E-state index contributed by atoms with van der Waals surface area (Å²) >= 11 is 0. The molecule has 1 saturated carbocycles. The maximum absolute atomic E-state index is 11.4. The molecule has 1 fully saturated rings. The molecule has 0 heterocycles. The normalized spacial score (nSPS) is 19.9. The minimum Gasteiger partial charge on any atom is -0.384 e. The van der Waals surface area contributed by atoms with Crippen molar-refractivity contribution in [2.45, 2.75) is 51.6 Å². The standard InChI is InChI=1S/C12H23NO2/c1-10(14)12(15)13(2)9-8-11-6-4-3-5-7-11/h10-11,14H,3-9H2,1-2H3. The van der Waals surface area contributed by atoms with Crippen LogP contribution < -0.4 is 0 Å². The van der Waals surface area contributed by atoms with Crippen LogP contribution in [0.25, 0.3) is 0 Å². The molecule has 1 amide bonds. The minimum absolute atomic E-state index is 0.161. The lowest BCUT2D eigenvalue weighted by Crippen LogP contribution is -2.36. The zero-order chi connectivity index (χ0) is 11.3. The molecular weight excluding hydrogens is 190 g/mol. The highest BCUT2D eigenvalue weighted by atomic mass is 16.3. The van der Waals surface area contributed by atoms with Crippen molar-refractivity contribution in [1.82, 2.24) is 4.90 Å². The molecule has 0 saturated heterocycles. The van der Waals surface area contributed by atoms with Gasteiger partial charge in [0.15, 0.2) is 0 Å². The van der Waals surface area contributed by atoms with Crippen molar-refractivity contribution in [1.29, 1.82) is 0 Å². The van der Waals surface area contributed by atoms with Crippen LogP contribution in [0.4, 0.5) is 0 Å². The molecule has 3 heteroatoms. The van der Waals surface area contributed by atoms with Crippen molar-refractivity contribution >= 4 is 5.91 Å². The Bertz CT molecular complexity index is 198. The second kappa shape index (κ2) is 6.11. The van der Waals surface area contributed by atoms with Gasteiger partial charge < -0.3 is 10.0 Å². The largest absolute Gasteiger partial charge is 0.384 e. The number of aliphatic hydroxyl groups is 1. The number of likely N-dealkylation sites (N-methyl/N-ethyl adjacent to an activating group) is 1. The molecule has 1 N–H and O–H groups in total. The summed E-state index contributed by atoms with van der Waals surface area (Å²) in [5, 5.41) is 9.14. The third kappa shape index (κ3) is 4.20. The van der Waals surface area contributed by atoms with Gasteiger partial charge in [0.05, 0.1) is 0 Å². The van der Waals surface area contributed by atoms with E-state index in [1.54, 1.807) is 11.9 Å². The SMILES string of the molecule is CC(O)C(=O)N(C)CCC1CCCCC1.